The van der Waals surface area contributed by atoms with Gasteiger partial charge in [0.1, 0.15) is 0 Å². The molecule has 0 spiro atoms. The van der Waals surface area contributed by atoms with Gasteiger partial charge in [0, 0.05) is 23.5 Å². The summed E-state index contributed by atoms with van der Waals surface area (Å²) in [6.45, 7) is 5.21. The number of carbonyl (C=O) groups is 1. The van der Waals surface area contributed by atoms with Gasteiger partial charge < -0.3 is 5.32 Å². The molecule has 3 rings (SSSR count). The molecule has 0 aliphatic carbocycles. The molecule has 0 radical (unpaired) electrons. The van der Waals surface area contributed by atoms with Crippen molar-refractivity contribution in [2.75, 3.05) is 13.1 Å². The Balaban J connectivity index is 1.82. The molecule has 140 valence electrons. The van der Waals surface area contributed by atoms with E-state index in [0.29, 0.717) is 18.7 Å². The Morgan fingerprint density at radius 2 is 1.88 bits per heavy atom. The van der Waals surface area contributed by atoms with Crippen molar-refractivity contribution >= 4 is 27.3 Å². The van der Waals surface area contributed by atoms with Crippen LogP contribution in [0.1, 0.15) is 48.0 Å². The van der Waals surface area contributed by atoms with Crippen molar-refractivity contribution in [3.63, 3.8) is 0 Å². The number of thiophene rings is 1. The molecular weight excluding hydrogens is 368 g/mol. The highest BCUT2D eigenvalue weighted by Gasteiger charge is 2.28. The SMILES string of the molecule is CC(C)[C@H](NC(=O)c1cccc(S(=O)(=O)N2CCCC2)c1)c1cccs1. The quantitative estimate of drug-likeness (QED) is 0.816. The van der Waals surface area contributed by atoms with Crippen LogP contribution in [0.25, 0.3) is 0 Å². The number of rotatable bonds is 6. The Hall–Kier alpha value is -1.70. The number of nitrogens with one attached hydrogen (secondary N) is 1. The molecule has 1 fully saturated rings. The van der Waals surface area contributed by atoms with Crippen LogP contribution >= 0.6 is 11.3 Å². The molecule has 1 aliphatic heterocycles. The Bertz CT molecular complexity index is 855. The summed E-state index contributed by atoms with van der Waals surface area (Å²) < 4.78 is 26.9. The zero-order valence-electron chi connectivity index (χ0n) is 15.0. The van der Waals surface area contributed by atoms with Crippen molar-refractivity contribution in [1.29, 1.82) is 0 Å². The van der Waals surface area contributed by atoms with E-state index in [9.17, 15) is 13.2 Å². The first-order chi connectivity index (χ1) is 12.4. The maximum absolute atomic E-state index is 12.7. The fraction of sp³-hybridized carbons (Fsp3) is 0.421. The Morgan fingerprint density at radius 1 is 1.15 bits per heavy atom. The first-order valence-corrected chi connectivity index (χ1v) is 11.2. The first kappa shape index (κ1) is 19.1. The fourth-order valence-corrected chi connectivity index (χ4v) is 5.65. The average Bonchev–Trinajstić information content (AvgIpc) is 3.32. The van der Waals surface area contributed by atoms with Crippen LogP contribution in [0.4, 0.5) is 0 Å². The molecule has 26 heavy (non-hydrogen) atoms. The van der Waals surface area contributed by atoms with Gasteiger partial charge in [-0.3, -0.25) is 4.79 Å². The van der Waals surface area contributed by atoms with Crippen LogP contribution in [0, 0.1) is 5.92 Å². The summed E-state index contributed by atoms with van der Waals surface area (Å²) in [6, 6.07) is 10.2. The lowest BCUT2D eigenvalue weighted by molar-refractivity contribution is 0.0926. The predicted molar refractivity (Wildman–Crippen MR) is 104 cm³/mol. The molecule has 1 aliphatic rings. The Kier molecular flexibility index (Phi) is 5.79. The lowest BCUT2D eigenvalue weighted by Crippen LogP contribution is -2.32. The Morgan fingerprint density at radius 3 is 2.50 bits per heavy atom. The van der Waals surface area contributed by atoms with E-state index >= 15 is 0 Å². The van der Waals surface area contributed by atoms with Crippen LogP contribution in [-0.2, 0) is 10.0 Å². The third kappa shape index (κ3) is 4.00. The molecule has 0 unspecified atom stereocenters. The number of hydrogen-bond acceptors (Lipinski definition) is 4. The Labute approximate surface area is 159 Å². The number of amides is 1. The van der Waals surface area contributed by atoms with E-state index < -0.39 is 10.0 Å². The molecule has 1 aromatic heterocycles. The van der Waals surface area contributed by atoms with E-state index in [0.717, 1.165) is 17.7 Å². The molecule has 7 heteroatoms. The average molecular weight is 393 g/mol. The summed E-state index contributed by atoms with van der Waals surface area (Å²) in [5.41, 5.74) is 0.368. The normalized spacial score (nSPS) is 16.7. The summed E-state index contributed by atoms with van der Waals surface area (Å²) in [5, 5.41) is 5.03. The van der Waals surface area contributed by atoms with Crippen molar-refractivity contribution in [2.24, 2.45) is 5.92 Å². The van der Waals surface area contributed by atoms with Crippen LogP contribution in [0.5, 0.6) is 0 Å². The van der Waals surface area contributed by atoms with Crippen molar-refractivity contribution in [1.82, 2.24) is 9.62 Å². The highest BCUT2D eigenvalue weighted by Crippen LogP contribution is 2.27. The summed E-state index contributed by atoms with van der Waals surface area (Å²) in [4.78, 5) is 14.0. The lowest BCUT2D eigenvalue weighted by Gasteiger charge is -2.21. The second-order valence-electron chi connectivity index (χ2n) is 6.85. The molecule has 1 aromatic carbocycles. The van der Waals surface area contributed by atoms with Crippen molar-refractivity contribution in [3.8, 4) is 0 Å². The van der Waals surface area contributed by atoms with Crippen molar-refractivity contribution in [2.45, 2.75) is 37.6 Å². The summed E-state index contributed by atoms with van der Waals surface area (Å²) in [7, 11) is -3.53. The third-order valence-electron chi connectivity index (χ3n) is 4.60. The van der Waals surface area contributed by atoms with Crippen LogP contribution in [0.15, 0.2) is 46.7 Å². The zero-order chi connectivity index (χ0) is 18.7. The van der Waals surface area contributed by atoms with Crippen LogP contribution in [-0.4, -0.2) is 31.7 Å². The molecule has 5 nitrogen and oxygen atoms in total. The molecule has 1 saturated heterocycles. The van der Waals surface area contributed by atoms with Crippen molar-refractivity contribution < 1.29 is 13.2 Å². The topological polar surface area (TPSA) is 66.5 Å². The van der Waals surface area contributed by atoms with Gasteiger partial charge in [-0.2, -0.15) is 4.31 Å². The second-order valence-corrected chi connectivity index (χ2v) is 9.77. The van der Waals surface area contributed by atoms with Crippen molar-refractivity contribution in [3.05, 3.63) is 52.2 Å². The van der Waals surface area contributed by atoms with E-state index in [1.165, 1.54) is 10.4 Å². The molecule has 0 saturated carbocycles. The van der Waals surface area contributed by atoms with Gasteiger partial charge in [0.2, 0.25) is 10.0 Å². The fourth-order valence-electron chi connectivity index (χ4n) is 3.13. The molecule has 1 atom stereocenters. The van der Waals surface area contributed by atoms with Gasteiger partial charge in [0.15, 0.2) is 0 Å². The molecule has 2 aromatic rings. The number of benzene rings is 1. The first-order valence-electron chi connectivity index (χ1n) is 8.84. The van der Waals surface area contributed by atoms with Gasteiger partial charge in [-0.25, -0.2) is 8.42 Å². The van der Waals surface area contributed by atoms with Gasteiger partial charge in [-0.15, -0.1) is 11.3 Å². The highest BCUT2D eigenvalue weighted by molar-refractivity contribution is 7.89. The largest absolute Gasteiger partial charge is 0.344 e. The van der Waals surface area contributed by atoms with Gasteiger partial charge in [-0.05, 0) is 48.4 Å². The number of sulfonamides is 1. The van der Waals surface area contributed by atoms with Crippen LogP contribution < -0.4 is 5.32 Å². The molecule has 2 heterocycles. The highest BCUT2D eigenvalue weighted by atomic mass is 32.2. The molecule has 0 bridgehead atoms. The van der Waals surface area contributed by atoms with Gasteiger partial charge >= 0.3 is 0 Å². The van der Waals surface area contributed by atoms with E-state index in [2.05, 4.69) is 19.2 Å². The summed E-state index contributed by atoms with van der Waals surface area (Å²) in [6.07, 6.45) is 1.77. The van der Waals surface area contributed by atoms with Gasteiger partial charge in [-0.1, -0.05) is 26.0 Å². The molecule has 1 amide bonds. The van der Waals surface area contributed by atoms with Gasteiger partial charge in [0.25, 0.3) is 5.91 Å². The van der Waals surface area contributed by atoms with E-state index in [1.54, 1.807) is 29.5 Å². The minimum atomic E-state index is -3.53. The number of carbonyl (C=O) groups excluding carboxylic acids is 1. The standard InChI is InChI=1S/C19H24N2O3S2/c1-14(2)18(17-9-6-12-25-17)20-19(22)15-7-5-8-16(13-15)26(23,24)21-10-3-4-11-21/h5-9,12-14,18H,3-4,10-11H2,1-2H3,(H,20,22)/t18-/m0/s1. The predicted octanol–water partition coefficient (Wildman–Crippen LogP) is 3.66. The smallest absolute Gasteiger partial charge is 0.251 e. The molecule has 1 N–H and O–H groups in total. The number of nitrogens with zero attached hydrogens (tertiary/aromatic N) is 1. The van der Waals surface area contributed by atoms with E-state index in [1.807, 2.05) is 17.5 Å². The van der Waals surface area contributed by atoms with E-state index in [4.69, 9.17) is 0 Å². The van der Waals surface area contributed by atoms with Crippen LogP contribution in [0.2, 0.25) is 0 Å². The maximum Gasteiger partial charge on any atom is 0.251 e. The third-order valence-corrected chi connectivity index (χ3v) is 7.45. The summed E-state index contributed by atoms with van der Waals surface area (Å²) >= 11 is 1.60. The minimum absolute atomic E-state index is 0.0960. The monoisotopic (exact) mass is 392 g/mol. The minimum Gasteiger partial charge on any atom is -0.344 e. The second kappa shape index (κ2) is 7.90. The van der Waals surface area contributed by atoms with Gasteiger partial charge in [0.05, 0.1) is 10.9 Å². The number of hydrogen-bond donors (Lipinski definition) is 1. The van der Waals surface area contributed by atoms with Crippen LogP contribution in [0.3, 0.4) is 0 Å². The lowest BCUT2D eigenvalue weighted by atomic mass is 10.0. The van der Waals surface area contributed by atoms with E-state index in [-0.39, 0.29) is 22.8 Å². The maximum atomic E-state index is 12.7. The zero-order valence-corrected chi connectivity index (χ0v) is 16.6. The molecular formula is C19H24N2O3S2. The summed E-state index contributed by atoms with van der Waals surface area (Å²) in [5.74, 6) is -0.0234.